The minimum atomic E-state index is -4.24. The Bertz CT molecular complexity index is 1470. The van der Waals surface area contributed by atoms with Gasteiger partial charge in [0.15, 0.2) is 0 Å². The molecule has 0 saturated heterocycles. The maximum absolute atomic E-state index is 14.0. The molecule has 8 nitrogen and oxygen atoms in total. The lowest BCUT2D eigenvalue weighted by Gasteiger charge is -2.32. The molecule has 2 amide bonds. The maximum atomic E-state index is 14.0. The quantitative estimate of drug-likeness (QED) is 0.283. The average molecular weight is 649 g/mol. The van der Waals surface area contributed by atoms with Crippen LogP contribution in [0.3, 0.4) is 0 Å². The van der Waals surface area contributed by atoms with E-state index in [1.165, 1.54) is 54.5 Å². The van der Waals surface area contributed by atoms with E-state index in [4.69, 9.17) is 4.74 Å². The van der Waals surface area contributed by atoms with Crippen LogP contribution in [0.2, 0.25) is 0 Å². The number of sulfonamides is 1. The van der Waals surface area contributed by atoms with E-state index < -0.39 is 34.3 Å². The second kappa shape index (κ2) is 14.0. The monoisotopic (exact) mass is 647 g/mol. The SMILES string of the molecule is CC[C@@H](C)NC(=O)[C@H](C)N(Cc1ccc(F)cc1)C(=O)CN(c1ccc(C)cc1)S(=O)(=O)c1ccc(OC)c(Br)c1. The van der Waals surface area contributed by atoms with Crippen molar-refractivity contribution in [1.29, 1.82) is 0 Å². The van der Waals surface area contributed by atoms with Crippen molar-refractivity contribution in [3.8, 4) is 5.75 Å². The number of aryl methyl sites for hydroxylation is 1. The number of rotatable bonds is 12. The van der Waals surface area contributed by atoms with E-state index in [9.17, 15) is 22.4 Å². The van der Waals surface area contributed by atoms with Crippen LogP contribution in [-0.2, 0) is 26.2 Å². The molecule has 0 aliphatic heterocycles. The van der Waals surface area contributed by atoms with Crippen molar-refractivity contribution in [2.24, 2.45) is 0 Å². The lowest BCUT2D eigenvalue weighted by Crippen LogP contribution is -2.52. The Hall–Kier alpha value is -3.44. The number of anilines is 1. The standard InChI is InChI=1S/C30H35BrFN3O5S/c1-6-21(3)33-30(37)22(4)34(18-23-9-11-24(32)12-10-23)29(36)19-35(25-13-7-20(2)8-14-25)41(38,39)26-15-16-28(40-5)27(31)17-26/h7-17,21-22H,6,18-19H2,1-5H3,(H,33,37)/t21-,22+/m1/s1. The van der Waals surface area contributed by atoms with E-state index >= 15 is 0 Å². The van der Waals surface area contributed by atoms with E-state index in [1.807, 2.05) is 20.8 Å². The number of halogens is 2. The number of hydrogen-bond donors (Lipinski definition) is 1. The lowest BCUT2D eigenvalue weighted by molar-refractivity contribution is -0.139. The molecule has 0 saturated carbocycles. The highest BCUT2D eigenvalue weighted by Gasteiger charge is 2.33. The first-order valence-corrected chi connectivity index (χ1v) is 15.4. The number of benzene rings is 3. The van der Waals surface area contributed by atoms with Gasteiger partial charge in [-0.3, -0.25) is 13.9 Å². The van der Waals surface area contributed by atoms with Gasteiger partial charge in [-0.25, -0.2) is 12.8 Å². The van der Waals surface area contributed by atoms with Gasteiger partial charge >= 0.3 is 0 Å². The van der Waals surface area contributed by atoms with Gasteiger partial charge in [0.05, 0.1) is 22.2 Å². The molecule has 11 heteroatoms. The van der Waals surface area contributed by atoms with Gasteiger partial charge in [-0.05, 0) is 91.1 Å². The predicted octanol–water partition coefficient (Wildman–Crippen LogP) is 5.43. The Morgan fingerprint density at radius 3 is 2.22 bits per heavy atom. The topological polar surface area (TPSA) is 96.0 Å². The number of carbonyl (C=O) groups is 2. The summed E-state index contributed by atoms with van der Waals surface area (Å²) in [7, 11) is -2.77. The van der Waals surface area contributed by atoms with Crippen LogP contribution >= 0.6 is 15.9 Å². The van der Waals surface area contributed by atoms with Crippen LogP contribution < -0.4 is 14.4 Å². The third-order valence-corrected chi connectivity index (χ3v) is 9.14. The number of nitrogens with zero attached hydrogens (tertiary/aromatic N) is 2. The van der Waals surface area contributed by atoms with Crippen molar-refractivity contribution >= 4 is 43.5 Å². The molecule has 1 N–H and O–H groups in total. The van der Waals surface area contributed by atoms with E-state index in [1.54, 1.807) is 31.2 Å². The summed E-state index contributed by atoms with van der Waals surface area (Å²) in [6, 6.07) is 15.6. The minimum Gasteiger partial charge on any atom is -0.496 e. The maximum Gasteiger partial charge on any atom is 0.264 e. The zero-order valence-corrected chi connectivity index (χ0v) is 26.1. The first-order chi connectivity index (χ1) is 19.4. The molecular weight excluding hydrogens is 613 g/mol. The van der Waals surface area contributed by atoms with Crippen LogP contribution in [0, 0.1) is 12.7 Å². The molecule has 41 heavy (non-hydrogen) atoms. The summed E-state index contributed by atoms with van der Waals surface area (Å²) >= 11 is 3.34. The van der Waals surface area contributed by atoms with Gasteiger partial charge in [0.1, 0.15) is 24.2 Å². The predicted molar refractivity (Wildman–Crippen MR) is 161 cm³/mol. The van der Waals surface area contributed by atoms with Crippen LogP contribution in [-0.4, -0.2) is 50.9 Å². The Balaban J connectivity index is 2.04. The van der Waals surface area contributed by atoms with Crippen molar-refractivity contribution in [3.05, 3.63) is 88.1 Å². The van der Waals surface area contributed by atoms with Crippen LogP contribution in [0.15, 0.2) is 76.1 Å². The molecule has 2 atom stereocenters. The van der Waals surface area contributed by atoms with Gasteiger partial charge < -0.3 is 15.0 Å². The lowest BCUT2D eigenvalue weighted by atomic mass is 10.1. The molecule has 220 valence electrons. The summed E-state index contributed by atoms with van der Waals surface area (Å²) in [4.78, 5) is 28.3. The molecule has 0 aliphatic rings. The molecule has 0 heterocycles. The number of amides is 2. The zero-order valence-electron chi connectivity index (χ0n) is 23.7. The molecular formula is C30H35BrFN3O5S. The number of nitrogens with one attached hydrogen (secondary N) is 1. The summed E-state index contributed by atoms with van der Waals surface area (Å²) in [5.74, 6) is -0.957. The van der Waals surface area contributed by atoms with Crippen molar-refractivity contribution in [2.75, 3.05) is 18.0 Å². The molecule has 0 spiro atoms. The number of carbonyl (C=O) groups excluding carboxylic acids is 2. The fraction of sp³-hybridized carbons (Fsp3) is 0.333. The molecule has 0 aliphatic carbocycles. The van der Waals surface area contributed by atoms with Gasteiger partial charge in [0, 0.05) is 12.6 Å². The van der Waals surface area contributed by atoms with Gasteiger partial charge in [0.2, 0.25) is 11.8 Å². The van der Waals surface area contributed by atoms with Crippen molar-refractivity contribution < 1.29 is 27.1 Å². The van der Waals surface area contributed by atoms with E-state index in [0.717, 1.165) is 9.87 Å². The third-order valence-electron chi connectivity index (χ3n) is 6.75. The molecule has 0 aromatic heterocycles. The first kappa shape index (κ1) is 32.1. The highest BCUT2D eigenvalue weighted by molar-refractivity contribution is 9.10. The Morgan fingerprint density at radius 1 is 1.02 bits per heavy atom. The van der Waals surface area contributed by atoms with E-state index in [0.29, 0.717) is 22.2 Å². The molecule has 3 aromatic carbocycles. The third kappa shape index (κ3) is 8.07. The molecule has 0 radical (unpaired) electrons. The molecule has 0 unspecified atom stereocenters. The summed E-state index contributed by atoms with van der Waals surface area (Å²) in [6.45, 7) is 6.65. The fourth-order valence-electron chi connectivity index (χ4n) is 4.01. The largest absolute Gasteiger partial charge is 0.496 e. The number of ether oxygens (including phenoxy) is 1. The Morgan fingerprint density at radius 2 is 1.66 bits per heavy atom. The Labute approximate surface area is 249 Å². The summed E-state index contributed by atoms with van der Waals surface area (Å²) in [5.41, 5.74) is 1.79. The average Bonchev–Trinajstić information content (AvgIpc) is 2.95. The minimum absolute atomic E-state index is 0.0237. The van der Waals surface area contributed by atoms with Crippen LogP contribution in [0.1, 0.15) is 38.3 Å². The van der Waals surface area contributed by atoms with Gasteiger partial charge in [-0.1, -0.05) is 36.8 Å². The highest BCUT2D eigenvalue weighted by atomic mass is 79.9. The molecule has 0 bridgehead atoms. The summed E-state index contributed by atoms with van der Waals surface area (Å²) in [5, 5.41) is 2.88. The van der Waals surface area contributed by atoms with Gasteiger partial charge in [-0.2, -0.15) is 0 Å². The van der Waals surface area contributed by atoms with Crippen molar-refractivity contribution in [2.45, 2.75) is 57.6 Å². The molecule has 3 rings (SSSR count). The summed E-state index contributed by atoms with van der Waals surface area (Å²) in [6.07, 6.45) is 0.696. The Kier molecular flexibility index (Phi) is 10.9. The first-order valence-electron chi connectivity index (χ1n) is 13.1. The van der Waals surface area contributed by atoms with Crippen molar-refractivity contribution in [1.82, 2.24) is 10.2 Å². The van der Waals surface area contributed by atoms with Crippen LogP contribution in [0.4, 0.5) is 10.1 Å². The van der Waals surface area contributed by atoms with Crippen LogP contribution in [0.5, 0.6) is 5.75 Å². The normalized spacial score (nSPS) is 12.8. The smallest absolute Gasteiger partial charge is 0.264 e. The van der Waals surface area contributed by atoms with E-state index in [-0.39, 0.29) is 29.1 Å². The van der Waals surface area contributed by atoms with Crippen molar-refractivity contribution in [3.63, 3.8) is 0 Å². The van der Waals surface area contributed by atoms with Gasteiger partial charge in [0.25, 0.3) is 10.0 Å². The van der Waals surface area contributed by atoms with E-state index in [2.05, 4.69) is 21.2 Å². The summed E-state index contributed by atoms with van der Waals surface area (Å²) < 4.78 is 48.2. The van der Waals surface area contributed by atoms with Gasteiger partial charge in [-0.15, -0.1) is 0 Å². The fourth-order valence-corrected chi connectivity index (χ4v) is 6.14. The number of hydrogen-bond acceptors (Lipinski definition) is 5. The van der Waals surface area contributed by atoms with Crippen LogP contribution in [0.25, 0.3) is 0 Å². The molecule has 0 fully saturated rings. The second-order valence-corrected chi connectivity index (χ2v) is 12.5. The zero-order chi connectivity index (χ0) is 30.3. The number of methoxy groups -OCH3 is 1. The highest BCUT2D eigenvalue weighted by Crippen LogP contribution is 2.31. The second-order valence-electron chi connectivity index (χ2n) is 9.79. The molecule has 3 aromatic rings.